The molecule has 0 radical (unpaired) electrons. The fraction of sp³-hybridized carbons (Fsp3) is 0.391. The van der Waals surface area contributed by atoms with Crippen molar-refractivity contribution in [1.29, 1.82) is 0 Å². The summed E-state index contributed by atoms with van der Waals surface area (Å²) in [6.07, 6.45) is 8.56. The topological polar surface area (TPSA) is 48.6 Å². The summed E-state index contributed by atoms with van der Waals surface area (Å²) in [6, 6.07) is 10.4. The first kappa shape index (κ1) is 19.7. The van der Waals surface area contributed by atoms with Crippen molar-refractivity contribution in [3.05, 3.63) is 52.9 Å². The molecule has 5 nitrogen and oxygen atoms in total. The number of ether oxygens (including phenoxy) is 2. The highest BCUT2D eigenvalue weighted by Crippen LogP contribution is 2.39. The van der Waals surface area contributed by atoms with Gasteiger partial charge in [-0.3, -0.25) is 4.98 Å². The first-order valence-corrected chi connectivity index (χ1v) is 11.0. The highest BCUT2D eigenvalue weighted by Gasteiger charge is 2.27. The Labute approximate surface area is 175 Å². The Bertz CT molecular complexity index is 1030. The zero-order chi connectivity index (χ0) is 20.2. The van der Waals surface area contributed by atoms with Crippen LogP contribution in [-0.2, 0) is 0 Å². The number of pyridine rings is 1. The predicted molar refractivity (Wildman–Crippen MR) is 117 cm³/mol. The molecule has 0 spiro atoms. The van der Waals surface area contributed by atoms with Gasteiger partial charge in [-0.2, -0.15) is 0 Å². The van der Waals surface area contributed by atoms with E-state index in [4.69, 9.17) is 14.5 Å². The second kappa shape index (κ2) is 8.82. The van der Waals surface area contributed by atoms with Gasteiger partial charge in [0, 0.05) is 29.2 Å². The molecule has 0 saturated heterocycles. The zero-order valence-electron chi connectivity index (χ0n) is 17.2. The third kappa shape index (κ3) is 4.08. The Balaban J connectivity index is 1.90. The summed E-state index contributed by atoms with van der Waals surface area (Å²) in [5.41, 5.74) is 3.09. The van der Waals surface area contributed by atoms with Gasteiger partial charge in [-0.15, -0.1) is 11.3 Å². The Hall–Kier alpha value is -2.60. The van der Waals surface area contributed by atoms with Gasteiger partial charge in [0.25, 0.3) is 0 Å². The Morgan fingerprint density at radius 2 is 2.00 bits per heavy atom. The molecule has 0 amide bonds. The average Bonchev–Trinajstić information content (AvgIpc) is 3.17. The van der Waals surface area contributed by atoms with E-state index in [1.165, 1.54) is 25.7 Å². The molecule has 3 aromatic rings. The molecule has 1 aliphatic carbocycles. The van der Waals surface area contributed by atoms with Crippen LogP contribution in [0.15, 0.2) is 53.1 Å². The van der Waals surface area contributed by atoms with Gasteiger partial charge in [-0.25, -0.2) is 4.99 Å². The Morgan fingerprint density at radius 1 is 1.14 bits per heavy atom. The average molecular weight is 410 g/mol. The van der Waals surface area contributed by atoms with E-state index in [1.54, 1.807) is 31.8 Å². The summed E-state index contributed by atoms with van der Waals surface area (Å²) in [7, 11) is 3.38. The first-order valence-electron chi connectivity index (χ1n) is 10.1. The molecule has 0 aliphatic heterocycles. The first-order chi connectivity index (χ1) is 14.2. The summed E-state index contributed by atoms with van der Waals surface area (Å²) in [4.78, 5) is 10.2. The van der Waals surface area contributed by atoms with E-state index in [9.17, 15) is 0 Å². The van der Waals surface area contributed by atoms with Gasteiger partial charge in [-0.1, -0.05) is 19.8 Å². The number of hydrogen-bond donors (Lipinski definition) is 0. The third-order valence-electron chi connectivity index (χ3n) is 5.69. The second-order valence-electron chi connectivity index (χ2n) is 7.49. The van der Waals surface area contributed by atoms with Gasteiger partial charge in [0.1, 0.15) is 11.5 Å². The van der Waals surface area contributed by atoms with E-state index in [0.29, 0.717) is 12.0 Å². The van der Waals surface area contributed by atoms with Crippen molar-refractivity contribution in [2.45, 2.75) is 38.6 Å². The lowest BCUT2D eigenvalue weighted by Gasteiger charge is -2.31. The van der Waals surface area contributed by atoms with Crippen molar-refractivity contribution >= 4 is 17.0 Å². The quantitative estimate of drug-likeness (QED) is 0.550. The van der Waals surface area contributed by atoms with Crippen LogP contribution in [0.25, 0.3) is 11.3 Å². The molecular formula is C23H27N3O2S. The van der Waals surface area contributed by atoms with Crippen LogP contribution in [0.5, 0.6) is 11.5 Å². The molecule has 2 aromatic heterocycles. The minimum Gasteiger partial charge on any atom is -0.497 e. The number of rotatable bonds is 5. The van der Waals surface area contributed by atoms with Crippen molar-refractivity contribution in [1.82, 2.24) is 9.55 Å². The largest absolute Gasteiger partial charge is 0.497 e. The van der Waals surface area contributed by atoms with Crippen molar-refractivity contribution in [2.75, 3.05) is 14.2 Å². The summed E-state index contributed by atoms with van der Waals surface area (Å²) in [6.45, 7) is 2.36. The molecule has 0 N–H and O–H groups in total. The molecule has 29 heavy (non-hydrogen) atoms. The molecular weight excluding hydrogens is 382 g/mol. The van der Waals surface area contributed by atoms with E-state index >= 15 is 0 Å². The van der Waals surface area contributed by atoms with Crippen LogP contribution in [0.4, 0.5) is 5.69 Å². The lowest BCUT2D eigenvalue weighted by molar-refractivity contribution is 0.255. The van der Waals surface area contributed by atoms with Crippen molar-refractivity contribution in [3.63, 3.8) is 0 Å². The number of methoxy groups -OCH3 is 2. The summed E-state index contributed by atoms with van der Waals surface area (Å²) >= 11 is 1.67. The van der Waals surface area contributed by atoms with E-state index in [1.807, 2.05) is 30.5 Å². The molecule has 1 saturated carbocycles. The predicted octanol–water partition coefficient (Wildman–Crippen LogP) is 5.61. The maximum Gasteiger partial charge on any atom is 0.190 e. The summed E-state index contributed by atoms with van der Waals surface area (Å²) in [5.74, 6) is 2.21. The van der Waals surface area contributed by atoms with E-state index in [2.05, 4.69) is 27.9 Å². The van der Waals surface area contributed by atoms with Crippen molar-refractivity contribution in [2.24, 2.45) is 10.9 Å². The number of benzene rings is 1. The molecule has 1 aromatic carbocycles. The zero-order valence-corrected chi connectivity index (χ0v) is 18.0. The number of hydrogen-bond acceptors (Lipinski definition) is 5. The molecule has 152 valence electrons. The van der Waals surface area contributed by atoms with Crippen molar-refractivity contribution in [3.8, 4) is 22.8 Å². The number of nitrogens with zero attached hydrogens (tertiary/aromatic N) is 3. The molecule has 2 atom stereocenters. The van der Waals surface area contributed by atoms with Crippen LogP contribution in [0.2, 0.25) is 0 Å². The highest BCUT2D eigenvalue weighted by atomic mass is 32.1. The normalized spacial score (nSPS) is 19.9. The highest BCUT2D eigenvalue weighted by molar-refractivity contribution is 7.07. The van der Waals surface area contributed by atoms with Gasteiger partial charge >= 0.3 is 0 Å². The smallest absolute Gasteiger partial charge is 0.190 e. The lowest BCUT2D eigenvalue weighted by atomic mass is 9.85. The number of thiazole rings is 1. The van der Waals surface area contributed by atoms with Gasteiger partial charge in [0.2, 0.25) is 0 Å². The van der Waals surface area contributed by atoms with E-state index < -0.39 is 0 Å². The molecule has 4 rings (SSSR count). The SMILES string of the molecule is COc1ccc(-c2csc(=Nc3cccnc3)n2C2CCCCC2C)c(OC)c1. The monoisotopic (exact) mass is 409 g/mol. The van der Waals surface area contributed by atoms with Crippen molar-refractivity contribution < 1.29 is 9.47 Å². The fourth-order valence-electron chi connectivity index (χ4n) is 4.14. The molecule has 6 heteroatoms. The third-order valence-corrected chi connectivity index (χ3v) is 6.53. The van der Waals surface area contributed by atoms with Crippen LogP contribution in [-0.4, -0.2) is 23.8 Å². The van der Waals surface area contributed by atoms with Crippen LogP contribution < -0.4 is 14.3 Å². The minimum absolute atomic E-state index is 0.423. The van der Waals surface area contributed by atoms with Crippen LogP contribution >= 0.6 is 11.3 Å². The standard InChI is InChI=1S/C23H27N3O2S/c1-16-7-4-5-9-20(16)26-21(19-11-10-18(27-2)13-22(19)28-3)15-29-23(26)25-17-8-6-12-24-14-17/h6,8,10-16,20H,4-5,7,9H2,1-3H3. The maximum absolute atomic E-state index is 5.71. The number of aromatic nitrogens is 2. The van der Waals surface area contributed by atoms with Crippen LogP contribution in [0, 0.1) is 5.92 Å². The van der Waals surface area contributed by atoms with E-state index in [0.717, 1.165) is 33.2 Å². The summed E-state index contributed by atoms with van der Waals surface area (Å²) < 4.78 is 13.5. The van der Waals surface area contributed by atoms with Crippen LogP contribution in [0.1, 0.15) is 38.6 Å². The Morgan fingerprint density at radius 3 is 2.72 bits per heavy atom. The second-order valence-corrected chi connectivity index (χ2v) is 8.33. The lowest BCUT2D eigenvalue weighted by Crippen LogP contribution is -2.28. The fourth-order valence-corrected chi connectivity index (χ4v) is 5.10. The molecule has 2 heterocycles. The molecule has 2 unspecified atom stereocenters. The van der Waals surface area contributed by atoms with Crippen LogP contribution in [0.3, 0.4) is 0 Å². The van der Waals surface area contributed by atoms with E-state index in [-0.39, 0.29) is 0 Å². The van der Waals surface area contributed by atoms with Gasteiger partial charge < -0.3 is 14.0 Å². The van der Waals surface area contributed by atoms with Gasteiger partial charge in [-0.05, 0) is 43.0 Å². The molecule has 0 bridgehead atoms. The molecule has 1 fully saturated rings. The Kier molecular flexibility index (Phi) is 6.00. The molecule has 1 aliphatic rings. The van der Waals surface area contributed by atoms with Gasteiger partial charge in [0.15, 0.2) is 4.80 Å². The van der Waals surface area contributed by atoms with Gasteiger partial charge in [0.05, 0.1) is 31.8 Å². The minimum atomic E-state index is 0.423. The summed E-state index contributed by atoms with van der Waals surface area (Å²) in [5, 5.41) is 2.20. The maximum atomic E-state index is 5.71.